The molecule has 100 valence electrons. The molecule has 0 aliphatic rings. The third kappa shape index (κ3) is 2.50. The Morgan fingerprint density at radius 2 is 2.05 bits per heavy atom. The maximum absolute atomic E-state index is 13.9. The van der Waals surface area contributed by atoms with Gasteiger partial charge in [0.05, 0.1) is 11.3 Å². The molecule has 0 saturated heterocycles. The number of carbonyl (C=O) groups is 1. The lowest BCUT2D eigenvalue weighted by atomic mass is 10.0. The molecule has 0 atom stereocenters. The largest absolute Gasteiger partial charge is 0.478 e. The third-order valence-electron chi connectivity index (χ3n) is 2.95. The van der Waals surface area contributed by atoms with Crippen molar-refractivity contribution in [1.82, 2.24) is 9.78 Å². The molecule has 0 fully saturated rings. The zero-order valence-electron chi connectivity index (χ0n) is 11.0. The maximum atomic E-state index is 13.9. The third-order valence-corrected chi connectivity index (χ3v) is 2.95. The van der Waals surface area contributed by atoms with Crippen LogP contribution in [0.3, 0.4) is 0 Å². The first kappa shape index (κ1) is 13.3. The molecule has 1 heterocycles. The summed E-state index contributed by atoms with van der Waals surface area (Å²) in [6.45, 7) is 5.72. The molecule has 0 aliphatic carbocycles. The Hall–Kier alpha value is -2.17. The zero-order valence-corrected chi connectivity index (χ0v) is 11.0. The van der Waals surface area contributed by atoms with Gasteiger partial charge in [0.2, 0.25) is 0 Å². The van der Waals surface area contributed by atoms with Crippen LogP contribution in [-0.2, 0) is 0 Å². The summed E-state index contributed by atoms with van der Waals surface area (Å²) >= 11 is 0. The highest BCUT2D eigenvalue weighted by atomic mass is 19.1. The maximum Gasteiger partial charge on any atom is 0.335 e. The van der Waals surface area contributed by atoms with E-state index in [-0.39, 0.29) is 17.2 Å². The van der Waals surface area contributed by atoms with Gasteiger partial charge < -0.3 is 5.11 Å². The van der Waals surface area contributed by atoms with E-state index in [1.807, 2.05) is 13.8 Å². The van der Waals surface area contributed by atoms with Crippen LogP contribution in [-0.4, -0.2) is 20.9 Å². The Bertz CT molecular complexity index is 632. The number of benzene rings is 1. The monoisotopic (exact) mass is 262 g/mol. The van der Waals surface area contributed by atoms with Gasteiger partial charge in [-0.2, -0.15) is 5.10 Å². The molecule has 2 aromatic rings. The smallest absolute Gasteiger partial charge is 0.335 e. The molecule has 2 rings (SSSR count). The van der Waals surface area contributed by atoms with E-state index < -0.39 is 11.8 Å². The summed E-state index contributed by atoms with van der Waals surface area (Å²) in [6.07, 6.45) is 1.74. The van der Waals surface area contributed by atoms with E-state index >= 15 is 0 Å². The van der Waals surface area contributed by atoms with Crippen LogP contribution < -0.4 is 0 Å². The zero-order chi connectivity index (χ0) is 14.2. The van der Waals surface area contributed by atoms with Gasteiger partial charge in [-0.1, -0.05) is 0 Å². The van der Waals surface area contributed by atoms with Crippen LogP contribution in [0.1, 0.15) is 35.9 Å². The summed E-state index contributed by atoms with van der Waals surface area (Å²) in [5.41, 5.74) is 1.63. The predicted molar refractivity (Wildman–Crippen MR) is 69.7 cm³/mol. The SMILES string of the molecule is Cc1nn(C(C)C)cc1-c1cc(C(=O)O)ccc1F. The predicted octanol–water partition coefficient (Wildman–Crippen LogP) is 3.28. The topological polar surface area (TPSA) is 55.1 Å². The molecule has 0 radical (unpaired) electrons. The highest BCUT2D eigenvalue weighted by Crippen LogP contribution is 2.27. The highest BCUT2D eigenvalue weighted by molar-refractivity contribution is 5.89. The average molecular weight is 262 g/mol. The molecule has 0 amide bonds. The molecule has 1 aromatic heterocycles. The molecule has 0 unspecified atom stereocenters. The van der Waals surface area contributed by atoms with Crippen LogP contribution in [0.25, 0.3) is 11.1 Å². The second-order valence-corrected chi connectivity index (χ2v) is 4.70. The Labute approximate surface area is 110 Å². The lowest BCUT2D eigenvalue weighted by Gasteiger charge is -2.04. The summed E-state index contributed by atoms with van der Waals surface area (Å²) < 4.78 is 15.6. The van der Waals surface area contributed by atoms with Gasteiger partial charge in [-0.15, -0.1) is 0 Å². The fourth-order valence-electron chi connectivity index (χ4n) is 1.88. The van der Waals surface area contributed by atoms with Crippen molar-refractivity contribution in [3.05, 3.63) is 41.5 Å². The number of rotatable bonds is 3. The molecule has 0 spiro atoms. The van der Waals surface area contributed by atoms with E-state index in [1.165, 1.54) is 18.2 Å². The summed E-state index contributed by atoms with van der Waals surface area (Å²) in [5.74, 6) is -1.52. The number of hydrogen-bond donors (Lipinski definition) is 1. The Morgan fingerprint density at radius 1 is 1.37 bits per heavy atom. The van der Waals surface area contributed by atoms with Gasteiger partial charge in [-0.05, 0) is 39.0 Å². The number of aromatic nitrogens is 2. The van der Waals surface area contributed by atoms with Gasteiger partial charge >= 0.3 is 5.97 Å². The number of nitrogens with zero attached hydrogens (tertiary/aromatic N) is 2. The van der Waals surface area contributed by atoms with Crippen molar-refractivity contribution in [2.24, 2.45) is 0 Å². The second-order valence-electron chi connectivity index (χ2n) is 4.70. The molecule has 0 bridgehead atoms. The Morgan fingerprint density at radius 3 is 2.58 bits per heavy atom. The molecule has 1 aromatic carbocycles. The van der Waals surface area contributed by atoms with Crippen LogP contribution >= 0.6 is 0 Å². The average Bonchev–Trinajstić information content (AvgIpc) is 2.72. The van der Waals surface area contributed by atoms with E-state index in [0.717, 1.165) is 0 Å². The molecule has 19 heavy (non-hydrogen) atoms. The number of hydrogen-bond acceptors (Lipinski definition) is 2. The standard InChI is InChI=1S/C14H15FN2O2/c1-8(2)17-7-12(9(3)16-17)11-6-10(14(18)19)4-5-13(11)15/h4-8H,1-3H3,(H,18,19). The van der Waals surface area contributed by atoms with Crippen molar-refractivity contribution >= 4 is 5.97 Å². The number of carboxylic acids is 1. The van der Waals surface area contributed by atoms with Crippen LogP contribution in [0, 0.1) is 12.7 Å². The summed E-state index contributed by atoms with van der Waals surface area (Å²) in [4.78, 5) is 11.0. The fraction of sp³-hybridized carbons (Fsp3) is 0.286. The molecular formula is C14H15FN2O2. The summed E-state index contributed by atoms with van der Waals surface area (Å²) in [7, 11) is 0. The quantitative estimate of drug-likeness (QED) is 0.923. The van der Waals surface area contributed by atoms with Gasteiger partial charge in [-0.3, -0.25) is 4.68 Å². The number of aromatic carboxylic acids is 1. The van der Waals surface area contributed by atoms with E-state index in [1.54, 1.807) is 17.8 Å². The summed E-state index contributed by atoms with van der Waals surface area (Å²) in [5, 5.41) is 13.3. The van der Waals surface area contributed by atoms with Crippen molar-refractivity contribution < 1.29 is 14.3 Å². The molecule has 4 nitrogen and oxygen atoms in total. The van der Waals surface area contributed by atoms with Crippen molar-refractivity contribution in [1.29, 1.82) is 0 Å². The van der Waals surface area contributed by atoms with Gasteiger partial charge in [0.15, 0.2) is 0 Å². The van der Waals surface area contributed by atoms with Crippen molar-refractivity contribution in [2.45, 2.75) is 26.8 Å². The second kappa shape index (κ2) is 4.84. The van der Waals surface area contributed by atoms with Gasteiger partial charge in [-0.25, -0.2) is 9.18 Å². The lowest BCUT2D eigenvalue weighted by Crippen LogP contribution is -2.00. The van der Waals surface area contributed by atoms with Gasteiger partial charge in [0, 0.05) is 23.4 Å². The molecule has 0 aliphatic heterocycles. The normalized spacial score (nSPS) is 11.0. The van der Waals surface area contributed by atoms with Crippen LogP contribution in [0.15, 0.2) is 24.4 Å². The van der Waals surface area contributed by atoms with Gasteiger partial charge in [0.1, 0.15) is 5.82 Å². The van der Waals surface area contributed by atoms with Gasteiger partial charge in [0.25, 0.3) is 0 Å². The minimum absolute atomic E-state index is 0.0631. The Kier molecular flexibility index (Phi) is 3.38. The van der Waals surface area contributed by atoms with E-state index in [2.05, 4.69) is 5.10 Å². The van der Waals surface area contributed by atoms with Crippen LogP contribution in [0.2, 0.25) is 0 Å². The van der Waals surface area contributed by atoms with Crippen molar-refractivity contribution in [2.75, 3.05) is 0 Å². The fourth-order valence-corrected chi connectivity index (χ4v) is 1.88. The molecule has 1 N–H and O–H groups in total. The molecule has 0 saturated carbocycles. The van der Waals surface area contributed by atoms with Crippen LogP contribution in [0.5, 0.6) is 0 Å². The minimum Gasteiger partial charge on any atom is -0.478 e. The number of aryl methyl sites for hydroxylation is 1. The number of halogens is 1. The lowest BCUT2D eigenvalue weighted by molar-refractivity contribution is 0.0697. The molecule has 5 heteroatoms. The Balaban J connectivity index is 2.57. The van der Waals surface area contributed by atoms with E-state index in [4.69, 9.17) is 5.11 Å². The highest BCUT2D eigenvalue weighted by Gasteiger charge is 2.15. The summed E-state index contributed by atoms with van der Waals surface area (Å²) in [6, 6.07) is 3.93. The molecular weight excluding hydrogens is 247 g/mol. The number of carboxylic acid groups (broad SMARTS) is 1. The van der Waals surface area contributed by atoms with E-state index in [9.17, 15) is 9.18 Å². The van der Waals surface area contributed by atoms with E-state index in [0.29, 0.717) is 11.3 Å². The first-order valence-electron chi connectivity index (χ1n) is 5.99. The first-order chi connectivity index (χ1) is 8.90. The first-order valence-corrected chi connectivity index (χ1v) is 5.99. The minimum atomic E-state index is -1.07. The van der Waals surface area contributed by atoms with Crippen LogP contribution in [0.4, 0.5) is 4.39 Å². The van der Waals surface area contributed by atoms with Crippen molar-refractivity contribution in [3.63, 3.8) is 0 Å². The van der Waals surface area contributed by atoms with Crippen molar-refractivity contribution in [3.8, 4) is 11.1 Å².